The third-order valence-corrected chi connectivity index (χ3v) is 4.37. The average molecular weight is 360 g/mol. The van der Waals surface area contributed by atoms with Crippen LogP contribution in [-0.2, 0) is 11.3 Å². The molecule has 0 aliphatic carbocycles. The Morgan fingerprint density at radius 3 is 2.94 bits per heavy atom. The van der Waals surface area contributed by atoms with Crippen molar-refractivity contribution in [3.8, 4) is 0 Å². The number of rotatable bonds is 6. The van der Waals surface area contributed by atoms with E-state index in [0.29, 0.717) is 6.54 Å². The van der Waals surface area contributed by atoms with Crippen molar-refractivity contribution >= 4 is 57.3 Å². The summed E-state index contributed by atoms with van der Waals surface area (Å²) < 4.78 is 1.05. The number of nitrogens with one attached hydrogen (secondary N) is 1. The molecule has 0 aliphatic heterocycles. The minimum Gasteiger partial charge on any atom is -0.350 e. The molecule has 3 nitrogen and oxygen atoms in total. The number of amides is 1. The molecular weight excluding hydrogens is 344 g/mol. The van der Waals surface area contributed by atoms with Crippen molar-refractivity contribution in [2.24, 2.45) is 5.73 Å². The summed E-state index contributed by atoms with van der Waals surface area (Å²) in [5.41, 5.74) is 5.74. The first kappa shape index (κ1) is 17.2. The second-order valence-corrected chi connectivity index (χ2v) is 6.23. The van der Waals surface area contributed by atoms with Gasteiger partial charge >= 0.3 is 0 Å². The number of thioether (sulfide) groups is 1. The van der Waals surface area contributed by atoms with Gasteiger partial charge in [0.2, 0.25) is 5.91 Å². The summed E-state index contributed by atoms with van der Waals surface area (Å²) in [7, 11) is 0. The van der Waals surface area contributed by atoms with Gasteiger partial charge in [-0.25, -0.2) is 0 Å². The zero-order valence-corrected chi connectivity index (χ0v) is 13.5. The lowest BCUT2D eigenvalue weighted by molar-refractivity contribution is -0.122. The number of carbonyl (C=O) groups is 1. The van der Waals surface area contributed by atoms with Gasteiger partial charge in [-0.15, -0.1) is 23.7 Å². The molecule has 7 heteroatoms. The van der Waals surface area contributed by atoms with Crippen molar-refractivity contribution in [2.45, 2.75) is 19.0 Å². The van der Waals surface area contributed by atoms with Gasteiger partial charge < -0.3 is 11.1 Å². The molecule has 0 unspecified atom stereocenters. The Balaban J connectivity index is 0.00000256. The summed E-state index contributed by atoms with van der Waals surface area (Å²) in [5.74, 6) is 0.845. The van der Waals surface area contributed by atoms with Gasteiger partial charge in [0, 0.05) is 14.7 Å². The van der Waals surface area contributed by atoms with E-state index < -0.39 is 6.04 Å². The molecule has 0 bridgehead atoms. The minimum absolute atomic E-state index is 0. The first-order valence-electron chi connectivity index (χ1n) is 4.88. The summed E-state index contributed by atoms with van der Waals surface area (Å²) in [6.45, 7) is 0.558. The van der Waals surface area contributed by atoms with Crippen LogP contribution in [0.2, 0.25) is 0 Å². The highest BCUT2D eigenvalue weighted by molar-refractivity contribution is 9.10. The molecule has 0 saturated carbocycles. The van der Waals surface area contributed by atoms with Gasteiger partial charge in [-0.3, -0.25) is 4.79 Å². The minimum atomic E-state index is -0.393. The van der Waals surface area contributed by atoms with Crippen LogP contribution in [0.25, 0.3) is 0 Å². The molecular formula is C10H16BrClN2OS2. The Kier molecular flexibility index (Phi) is 9.35. The Hall–Kier alpha value is 0.250. The van der Waals surface area contributed by atoms with Gasteiger partial charge in [0.15, 0.2) is 0 Å². The smallest absolute Gasteiger partial charge is 0.237 e. The van der Waals surface area contributed by atoms with Crippen LogP contribution in [0.1, 0.15) is 11.3 Å². The Bertz CT molecular complexity index is 349. The third-order valence-electron chi connectivity index (χ3n) is 2.03. The van der Waals surface area contributed by atoms with E-state index in [1.807, 2.05) is 17.7 Å². The predicted molar refractivity (Wildman–Crippen MR) is 82.1 cm³/mol. The van der Waals surface area contributed by atoms with Crippen LogP contribution < -0.4 is 11.1 Å². The van der Waals surface area contributed by atoms with Crippen molar-refractivity contribution < 1.29 is 4.79 Å². The fourth-order valence-electron chi connectivity index (χ4n) is 1.13. The summed E-state index contributed by atoms with van der Waals surface area (Å²) in [4.78, 5) is 12.7. The maximum atomic E-state index is 11.6. The zero-order chi connectivity index (χ0) is 12.0. The Labute approximate surface area is 124 Å². The van der Waals surface area contributed by atoms with Crippen LogP contribution in [0.4, 0.5) is 0 Å². The number of thiophene rings is 1. The predicted octanol–water partition coefficient (Wildman–Crippen LogP) is 2.63. The fourth-order valence-corrected chi connectivity index (χ4v) is 3.01. The molecule has 3 N–H and O–H groups in total. The molecule has 1 amide bonds. The van der Waals surface area contributed by atoms with E-state index in [4.69, 9.17) is 5.73 Å². The number of halogens is 2. The molecule has 17 heavy (non-hydrogen) atoms. The molecule has 0 saturated heterocycles. The van der Waals surface area contributed by atoms with Crippen LogP contribution in [0, 0.1) is 0 Å². The van der Waals surface area contributed by atoms with Gasteiger partial charge in [-0.2, -0.15) is 11.8 Å². The molecule has 1 aromatic rings. The third kappa shape index (κ3) is 6.67. The van der Waals surface area contributed by atoms with Crippen LogP contribution in [0.15, 0.2) is 15.9 Å². The number of carbonyl (C=O) groups excluding carboxylic acids is 1. The summed E-state index contributed by atoms with van der Waals surface area (Å²) in [5, 5.41) is 4.83. The normalized spacial score (nSPS) is 11.7. The maximum Gasteiger partial charge on any atom is 0.237 e. The van der Waals surface area contributed by atoms with Gasteiger partial charge in [0.25, 0.3) is 0 Å². The van der Waals surface area contributed by atoms with Crippen molar-refractivity contribution in [1.82, 2.24) is 5.32 Å². The van der Waals surface area contributed by atoms with Crippen LogP contribution in [-0.4, -0.2) is 24.0 Å². The Morgan fingerprint density at radius 2 is 2.41 bits per heavy atom. The molecule has 0 radical (unpaired) electrons. The van der Waals surface area contributed by atoms with E-state index in [1.54, 1.807) is 23.1 Å². The molecule has 98 valence electrons. The standard InChI is InChI=1S/C10H15BrN2OS2.ClH/c1-15-3-2-9(12)10(14)13-5-8-4-7(11)6-16-8;/h4,6,9H,2-3,5,12H2,1H3,(H,13,14);1H/t9-;/m0./s1. The maximum absolute atomic E-state index is 11.6. The number of hydrogen-bond donors (Lipinski definition) is 2. The largest absolute Gasteiger partial charge is 0.350 e. The SMILES string of the molecule is CSCC[C@H](N)C(=O)NCc1cc(Br)cs1.Cl. The van der Waals surface area contributed by atoms with Crippen molar-refractivity contribution in [2.75, 3.05) is 12.0 Å². The lowest BCUT2D eigenvalue weighted by atomic mass is 10.2. The average Bonchev–Trinajstić information content (AvgIpc) is 2.68. The van der Waals surface area contributed by atoms with Crippen LogP contribution in [0.5, 0.6) is 0 Å². The first-order chi connectivity index (χ1) is 7.63. The number of nitrogens with two attached hydrogens (primary N) is 1. The fraction of sp³-hybridized carbons (Fsp3) is 0.500. The van der Waals surface area contributed by atoms with Gasteiger partial charge in [0.05, 0.1) is 12.6 Å². The zero-order valence-electron chi connectivity index (χ0n) is 9.44. The first-order valence-corrected chi connectivity index (χ1v) is 7.95. The van der Waals surface area contributed by atoms with Crippen molar-refractivity contribution in [3.05, 3.63) is 20.8 Å². The topological polar surface area (TPSA) is 55.1 Å². The van der Waals surface area contributed by atoms with E-state index in [1.165, 1.54) is 0 Å². The quantitative estimate of drug-likeness (QED) is 0.821. The molecule has 0 fully saturated rings. The monoisotopic (exact) mass is 358 g/mol. The van der Waals surface area contributed by atoms with Crippen molar-refractivity contribution in [1.29, 1.82) is 0 Å². The summed E-state index contributed by atoms with van der Waals surface area (Å²) >= 11 is 6.69. The lowest BCUT2D eigenvalue weighted by Crippen LogP contribution is -2.40. The van der Waals surface area contributed by atoms with Crippen LogP contribution in [0.3, 0.4) is 0 Å². The lowest BCUT2D eigenvalue weighted by Gasteiger charge is -2.10. The van der Waals surface area contributed by atoms with Gasteiger partial charge in [0.1, 0.15) is 0 Å². The molecule has 0 aliphatic rings. The molecule has 0 aromatic carbocycles. The van der Waals surface area contributed by atoms with E-state index in [9.17, 15) is 4.79 Å². The van der Waals surface area contributed by atoms with Gasteiger partial charge in [-0.05, 0) is 40.4 Å². The summed E-state index contributed by atoms with van der Waals surface area (Å²) in [6.07, 6.45) is 2.73. The van der Waals surface area contributed by atoms with E-state index >= 15 is 0 Å². The van der Waals surface area contributed by atoms with Gasteiger partial charge in [-0.1, -0.05) is 0 Å². The second-order valence-electron chi connectivity index (χ2n) is 3.34. The highest BCUT2D eigenvalue weighted by Gasteiger charge is 2.12. The molecule has 1 heterocycles. The molecule has 1 aromatic heterocycles. The highest BCUT2D eigenvalue weighted by atomic mass is 79.9. The van der Waals surface area contributed by atoms with Crippen molar-refractivity contribution in [3.63, 3.8) is 0 Å². The van der Waals surface area contributed by atoms with E-state index in [0.717, 1.165) is 21.5 Å². The molecule has 1 rings (SSSR count). The summed E-state index contributed by atoms with van der Waals surface area (Å²) in [6, 6.07) is 1.61. The van der Waals surface area contributed by atoms with Crippen LogP contribution >= 0.6 is 51.4 Å². The van der Waals surface area contributed by atoms with E-state index in [-0.39, 0.29) is 18.3 Å². The highest BCUT2D eigenvalue weighted by Crippen LogP contribution is 2.19. The molecule has 1 atom stereocenters. The number of hydrogen-bond acceptors (Lipinski definition) is 4. The van der Waals surface area contributed by atoms with E-state index in [2.05, 4.69) is 21.2 Å². The second kappa shape index (κ2) is 9.22. The molecule has 0 spiro atoms. The Morgan fingerprint density at radius 1 is 1.71 bits per heavy atom.